The molecule has 2 unspecified atom stereocenters. The zero-order valence-corrected chi connectivity index (χ0v) is 20.7. The second-order valence-electron chi connectivity index (χ2n) is 8.36. The summed E-state index contributed by atoms with van der Waals surface area (Å²) in [7, 11) is 0. The quantitative estimate of drug-likeness (QED) is 0.0782. The fraction of sp³-hybridized carbons (Fsp3) is 0.583. The first-order chi connectivity index (χ1) is 16.9. The predicted octanol–water partition coefficient (Wildman–Crippen LogP) is 4.43. The Balaban J connectivity index is 1.68. The largest absolute Gasteiger partial charge is 0.510 e. The molecule has 192 valence electrons. The summed E-state index contributed by atoms with van der Waals surface area (Å²) < 4.78 is 16.6. The summed E-state index contributed by atoms with van der Waals surface area (Å²) in [6.45, 7) is 2.68. The molecule has 2 saturated heterocycles. The fourth-order valence-electron chi connectivity index (χ4n) is 3.69. The van der Waals surface area contributed by atoms with Crippen molar-refractivity contribution in [1.82, 2.24) is 4.90 Å². The molecule has 0 saturated carbocycles. The van der Waals surface area contributed by atoms with Crippen LogP contribution in [0, 0.1) is 10.1 Å². The Labute approximate surface area is 208 Å². The summed E-state index contributed by atoms with van der Waals surface area (Å²) in [5, 5.41) is 21.4. The Kier molecular flexibility index (Phi) is 10.4. The van der Waals surface area contributed by atoms with E-state index in [0.29, 0.717) is 12.2 Å². The molecule has 2 atom stereocenters. The van der Waals surface area contributed by atoms with Gasteiger partial charge in [0.2, 0.25) is 5.91 Å². The van der Waals surface area contributed by atoms with Gasteiger partial charge in [-0.15, -0.1) is 11.8 Å². The highest BCUT2D eigenvalue weighted by Gasteiger charge is 2.43. The van der Waals surface area contributed by atoms with Gasteiger partial charge in [-0.25, -0.2) is 4.79 Å². The van der Waals surface area contributed by atoms with Gasteiger partial charge in [0.15, 0.2) is 12.0 Å². The number of hydrogen-bond acceptors (Lipinski definition) is 9. The molecule has 11 heteroatoms. The molecule has 3 rings (SSSR count). The van der Waals surface area contributed by atoms with Crippen LogP contribution in [0.25, 0.3) is 0 Å². The molecule has 0 aromatic heterocycles. The molecule has 0 radical (unpaired) electrons. The van der Waals surface area contributed by atoms with E-state index in [0.717, 1.165) is 37.9 Å². The number of amides is 1. The van der Waals surface area contributed by atoms with E-state index in [1.165, 1.54) is 29.2 Å². The molecule has 2 aliphatic heterocycles. The number of aliphatic hydroxyl groups is 1. The molecule has 35 heavy (non-hydrogen) atoms. The molecule has 2 fully saturated rings. The number of likely N-dealkylation sites (tertiary alicyclic amines) is 1. The second-order valence-corrected chi connectivity index (χ2v) is 9.64. The van der Waals surface area contributed by atoms with Crippen LogP contribution in [0.1, 0.15) is 57.4 Å². The molecule has 2 heterocycles. The molecule has 1 aromatic rings. The minimum atomic E-state index is -0.830. The number of β-lactam (4-membered cyclic amide) rings is 1. The van der Waals surface area contributed by atoms with E-state index in [4.69, 9.17) is 14.2 Å². The summed E-state index contributed by atoms with van der Waals surface area (Å²) in [5.41, 5.74) is 0.299. The highest BCUT2D eigenvalue weighted by molar-refractivity contribution is 8.00. The van der Waals surface area contributed by atoms with Crippen LogP contribution in [-0.4, -0.2) is 57.4 Å². The number of benzene rings is 1. The van der Waals surface area contributed by atoms with Gasteiger partial charge in [-0.3, -0.25) is 19.8 Å². The Morgan fingerprint density at radius 2 is 2.09 bits per heavy atom. The first-order valence-electron chi connectivity index (χ1n) is 11.9. The first kappa shape index (κ1) is 27.0. The van der Waals surface area contributed by atoms with Crippen LogP contribution in [0.3, 0.4) is 0 Å². The number of esters is 1. The standard InChI is InChI=1S/C24H32N2O8S/c1-2-3-14-35-21-15-20(28)25(21)23(19(27)11-13-33-22-6-4-5-12-32-22)24(29)34-16-17-7-9-18(10-8-17)26(30)31/h7-10,21-22,27H,2-6,11-16H2,1H3. The minimum absolute atomic E-state index is 0.0257. The number of nitrogens with zero attached hydrogens (tertiary/aromatic N) is 2. The predicted molar refractivity (Wildman–Crippen MR) is 129 cm³/mol. The van der Waals surface area contributed by atoms with Gasteiger partial charge in [-0.1, -0.05) is 13.3 Å². The van der Waals surface area contributed by atoms with Crippen molar-refractivity contribution in [2.45, 2.75) is 70.1 Å². The molecular weight excluding hydrogens is 476 g/mol. The number of non-ortho nitro benzene ring substituents is 1. The van der Waals surface area contributed by atoms with Gasteiger partial charge in [0.25, 0.3) is 5.69 Å². The van der Waals surface area contributed by atoms with E-state index < -0.39 is 10.9 Å². The van der Waals surface area contributed by atoms with E-state index in [2.05, 4.69) is 6.92 Å². The third-order valence-corrected chi connectivity index (χ3v) is 7.01. The Bertz CT molecular complexity index is 915. The second kappa shape index (κ2) is 13.5. The zero-order valence-electron chi connectivity index (χ0n) is 19.8. The molecule has 1 N–H and O–H groups in total. The fourth-order valence-corrected chi connectivity index (χ4v) is 5.05. The van der Waals surface area contributed by atoms with Gasteiger partial charge < -0.3 is 19.3 Å². The van der Waals surface area contributed by atoms with Crippen LogP contribution < -0.4 is 0 Å². The molecule has 10 nitrogen and oxygen atoms in total. The summed E-state index contributed by atoms with van der Waals surface area (Å²) in [5.74, 6) is -0.532. The smallest absolute Gasteiger partial charge is 0.358 e. The number of carbonyl (C=O) groups is 2. The van der Waals surface area contributed by atoms with Crippen molar-refractivity contribution in [3.8, 4) is 0 Å². The summed E-state index contributed by atoms with van der Waals surface area (Å²) in [6, 6.07) is 5.62. The number of thioether (sulfide) groups is 1. The van der Waals surface area contributed by atoms with E-state index in [1.807, 2.05) is 0 Å². The van der Waals surface area contributed by atoms with Crippen molar-refractivity contribution in [2.75, 3.05) is 19.0 Å². The van der Waals surface area contributed by atoms with Gasteiger partial charge >= 0.3 is 5.97 Å². The SMILES string of the molecule is CCCCSC1CC(=O)N1C(C(=O)OCc1ccc([N+](=O)[O-])cc1)=C(O)CCOC1CCCCO1. The molecule has 0 aliphatic carbocycles. The zero-order chi connectivity index (χ0) is 25.2. The molecular formula is C24H32N2O8S. The lowest BCUT2D eigenvalue weighted by atomic mass is 10.1. The maximum absolute atomic E-state index is 13.0. The van der Waals surface area contributed by atoms with Crippen LogP contribution >= 0.6 is 11.8 Å². The van der Waals surface area contributed by atoms with Crippen molar-refractivity contribution in [3.63, 3.8) is 0 Å². The number of unbranched alkanes of at least 4 members (excludes halogenated alkanes) is 1. The van der Waals surface area contributed by atoms with E-state index in [1.54, 1.807) is 11.8 Å². The number of aliphatic hydroxyl groups excluding tert-OH is 1. The summed E-state index contributed by atoms with van der Waals surface area (Å²) in [6.07, 6.45) is 4.74. The number of ether oxygens (including phenoxy) is 3. The number of carbonyl (C=O) groups excluding carboxylic acids is 2. The van der Waals surface area contributed by atoms with Gasteiger partial charge in [-0.05, 0) is 49.1 Å². The molecule has 2 aliphatic rings. The average Bonchev–Trinajstić information content (AvgIpc) is 2.86. The third kappa shape index (κ3) is 7.68. The summed E-state index contributed by atoms with van der Waals surface area (Å²) >= 11 is 1.57. The lowest BCUT2D eigenvalue weighted by Crippen LogP contribution is -2.52. The van der Waals surface area contributed by atoms with Crippen molar-refractivity contribution < 1.29 is 33.8 Å². The number of hydrogen-bond donors (Lipinski definition) is 1. The molecule has 0 bridgehead atoms. The van der Waals surface area contributed by atoms with Gasteiger partial charge in [-0.2, -0.15) is 0 Å². The normalized spacial score (nSPS) is 20.7. The van der Waals surface area contributed by atoms with Crippen LogP contribution in [0.2, 0.25) is 0 Å². The lowest BCUT2D eigenvalue weighted by Gasteiger charge is -2.40. The lowest BCUT2D eigenvalue weighted by molar-refractivity contribution is -0.384. The van der Waals surface area contributed by atoms with Crippen LogP contribution in [-0.2, 0) is 30.4 Å². The average molecular weight is 509 g/mol. The summed E-state index contributed by atoms with van der Waals surface area (Å²) in [4.78, 5) is 37.1. The van der Waals surface area contributed by atoms with Gasteiger partial charge in [0, 0.05) is 25.2 Å². The maximum atomic E-state index is 13.0. The van der Waals surface area contributed by atoms with Crippen LogP contribution in [0.4, 0.5) is 5.69 Å². The molecule has 0 spiro atoms. The monoisotopic (exact) mass is 508 g/mol. The maximum Gasteiger partial charge on any atom is 0.358 e. The molecule has 1 amide bonds. The van der Waals surface area contributed by atoms with Crippen molar-refractivity contribution in [3.05, 3.63) is 51.4 Å². The van der Waals surface area contributed by atoms with E-state index >= 15 is 0 Å². The highest BCUT2D eigenvalue weighted by atomic mass is 32.2. The number of nitro groups is 1. The Hall–Kier alpha value is -2.63. The molecule has 1 aromatic carbocycles. The highest BCUT2D eigenvalue weighted by Crippen LogP contribution is 2.35. The van der Waals surface area contributed by atoms with Gasteiger partial charge in [0.1, 0.15) is 12.4 Å². The number of rotatable bonds is 13. The van der Waals surface area contributed by atoms with E-state index in [9.17, 15) is 24.8 Å². The van der Waals surface area contributed by atoms with Crippen LogP contribution in [0.15, 0.2) is 35.7 Å². The minimum Gasteiger partial charge on any atom is -0.510 e. The van der Waals surface area contributed by atoms with Crippen molar-refractivity contribution in [2.24, 2.45) is 0 Å². The number of nitro benzene ring substituents is 1. The van der Waals surface area contributed by atoms with Gasteiger partial charge in [0.05, 0.1) is 23.3 Å². The first-order valence-corrected chi connectivity index (χ1v) is 12.9. The topological polar surface area (TPSA) is 128 Å². The third-order valence-electron chi connectivity index (χ3n) is 5.72. The van der Waals surface area contributed by atoms with Crippen molar-refractivity contribution in [1.29, 1.82) is 0 Å². The Morgan fingerprint density at radius 1 is 1.31 bits per heavy atom. The van der Waals surface area contributed by atoms with E-state index in [-0.39, 0.29) is 60.8 Å². The van der Waals surface area contributed by atoms with Crippen LogP contribution in [0.5, 0.6) is 0 Å². The Morgan fingerprint density at radius 3 is 2.71 bits per heavy atom. The van der Waals surface area contributed by atoms with Crippen molar-refractivity contribution >= 4 is 29.3 Å².